The number of likely N-dealkylation sites (tertiary alicyclic amines) is 1. The minimum atomic E-state index is -2.73. The lowest BCUT2D eigenvalue weighted by molar-refractivity contribution is 0.0943. The van der Waals surface area contributed by atoms with Crippen LogP contribution in [0.1, 0.15) is 53.5 Å². The maximum Gasteiger partial charge on any atom is 0.254 e. The van der Waals surface area contributed by atoms with Gasteiger partial charge in [0.25, 0.3) is 5.91 Å². The Morgan fingerprint density at radius 3 is 2.39 bits per heavy atom. The Bertz CT molecular complexity index is 1170. The van der Waals surface area contributed by atoms with E-state index >= 15 is 0 Å². The fraction of sp³-hybridized carbons (Fsp3) is 0.464. The van der Waals surface area contributed by atoms with Crippen LogP contribution < -0.4 is 10.2 Å². The van der Waals surface area contributed by atoms with Crippen LogP contribution in [0.4, 0.5) is 5.69 Å². The van der Waals surface area contributed by atoms with Gasteiger partial charge in [0, 0.05) is 50.2 Å². The molecule has 1 amide bonds. The van der Waals surface area contributed by atoms with E-state index in [9.17, 15) is 13.9 Å². The van der Waals surface area contributed by atoms with E-state index < -0.39 is 10.6 Å². The topological polar surface area (TPSA) is 102 Å². The van der Waals surface area contributed by atoms with Crippen molar-refractivity contribution in [2.45, 2.75) is 63.6 Å². The van der Waals surface area contributed by atoms with E-state index in [1.807, 2.05) is 38.1 Å². The van der Waals surface area contributed by atoms with Crippen LogP contribution in [0.3, 0.4) is 0 Å². The van der Waals surface area contributed by atoms with Crippen molar-refractivity contribution in [3.8, 4) is 0 Å². The molecule has 1 aliphatic rings. The fourth-order valence-corrected chi connectivity index (χ4v) is 6.44. The van der Waals surface area contributed by atoms with Crippen LogP contribution in [-0.4, -0.2) is 67.9 Å². The molecule has 10 heteroatoms. The molecule has 2 aromatic heterocycles. The Morgan fingerprint density at radius 1 is 1.16 bits per heavy atom. The molecule has 0 unspecified atom stereocenters. The molecule has 1 fully saturated rings. The molecule has 0 spiro atoms. The molecular weight excluding hydrogens is 518 g/mol. The molecule has 8 nitrogen and oxygen atoms in total. The van der Waals surface area contributed by atoms with E-state index in [4.69, 9.17) is 0 Å². The summed E-state index contributed by atoms with van der Waals surface area (Å²) in [5.74, 6) is -0.106. The molecule has 4 rings (SSSR count). The smallest absolute Gasteiger partial charge is 0.254 e. The molecule has 0 radical (unpaired) electrons. The summed E-state index contributed by atoms with van der Waals surface area (Å²) in [4.78, 5) is 26.5. The number of benzene rings is 1. The second-order valence-corrected chi connectivity index (χ2v) is 13.1. The number of hydrogen-bond acceptors (Lipinski definition) is 8. The van der Waals surface area contributed by atoms with Gasteiger partial charge in [0.05, 0.1) is 21.8 Å². The molecule has 3 heterocycles. The third-order valence-corrected chi connectivity index (χ3v) is 9.31. The summed E-state index contributed by atoms with van der Waals surface area (Å²) in [6.07, 6.45) is 5.93. The molecular formula is C28H39N5O3S2. The lowest BCUT2D eigenvalue weighted by Crippen LogP contribution is -2.48. The van der Waals surface area contributed by atoms with Crippen LogP contribution in [0.2, 0.25) is 0 Å². The van der Waals surface area contributed by atoms with Gasteiger partial charge >= 0.3 is 0 Å². The van der Waals surface area contributed by atoms with Gasteiger partial charge in [-0.3, -0.25) is 13.9 Å². The molecule has 1 aromatic carbocycles. The number of nitrogens with zero attached hydrogens (tertiary/aromatic N) is 4. The standard InChI is InChI=1S/C28H39N5O3S2/c1-20(9-13-29-28(34)27-21(2)30-19-31-22(27)3)32-14-10-25(11-15-32)33(17-23-12-16-37-18-23)24-5-7-26(8-6-24)38(4,35)36/h5-8,12,16,18-20,25,35-36H,9-11,13-15,17H2,1-4H3,(H,29,34)/t20-/m1/s1. The number of rotatable bonds is 10. The molecule has 1 saturated heterocycles. The van der Waals surface area contributed by atoms with Gasteiger partial charge in [0.2, 0.25) is 0 Å². The van der Waals surface area contributed by atoms with Crippen molar-refractivity contribution in [3.63, 3.8) is 0 Å². The van der Waals surface area contributed by atoms with Crippen molar-refractivity contribution in [1.82, 2.24) is 20.2 Å². The van der Waals surface area contributed by atoms with Gasteiger partial charge in [0.1, 0.15) is 6.33 Å². The first-order chi connectivity index (χ1) is 18.1. The second kappa shape index (κ2) is 12.6. The van der Waals surface area contributed by atoms with E-state index in [2.05, 4.69) is 48.8 Å². The van der Waals surface area contributed by atoms with E-state index in [0.29, 0.717) is 40.5 Å². The molecule has 3 N–H and O–H groups in total. The van der Waals surface area contributed by atoms with Gasteiger partial charge < -0.3 is 15.1 Å². The Hall–Kier alpha value is -2.50. The highest BCUT2D eigenvalue weighted by Crippen LogP contribution is 2.44. The average molecular weight is 558 g/mol. The number of carbonyl (C=O) groups is 1. The highest BCUT2D eigenvalue weighted by Gasteiger charge is 2.27. The molecule has 1 atom stereocenters. The Kier molecular flexibility index (Phi) is 9.43. The number of nitrogens with one attached hydrogen (secondary N) is 1. The largest absolute Gasteiger partial charge is 0.364 e. The Balaban J connectivity index is 1.33. The van der Waals surface area contributed by atoms with Crippen molar-refractivity contribution < 1.29 is 13.9 Å². The molecule has 206 valence electrons. The molecule has 0 saturated carbocycles. The predicted molar refractivity (Wildman–Crippen MR) is 156 cm³/mol. The number of amides is 1. The minimum absolute atomic E-state index is 0.106. The molecule has 0 aliphatic carbocycles. The summed E-state index contributed by atoms with van der Waals surface area (Å²) in [5.41, 5.74) is 4.38. The predicted octanol–water partition coefficient (Wildman–Crippen LogP) is 5.57. The SMILES string of the molecule is Cc1ncnc(C)c1C(=O)NCC[C@@H](C)N1CCC(N(Cc2ccsc2)c2ccc(S(C)(O)O)cc2)CC1. The summed E-state index contributed by atoms with van der Waals surface area (Å²) < 4.78 is 20.0. The summed E-state index contributed by atoms with van der Waals surface area (Å²) in [6, 6.07) is 10.6. The van der Waals surface area contributed by atoms with Gasteiger partial charge in [0.15, 0.2) is 0 Å². The molecule has 3 aromatic rings. The molecule has 38 heavy (non-hydrogen) atoms. The number of carbonyl (C=O) groups excluding carboxylic acids is 1. The fourth-order valence-electron chi connectivity index (χ4n) is 5.13. The van der Waals surface area contributed by atoms with Gasteiger partial charge in [-0.05, 0) is 86.7 Å². The van der Waals surface area contributed by atoms with Crippen molar-refractivity contribution >= 4 is 33.5 Å². The van der Waals surface area contributed by atoms with Gasteiger partial charge in [-0.15, -0.1) is 0 Å². The summed E-state index contributed by atoms with van der Waals surface area (Å²) in [6.45, 7) is 9.35. The van der Waals surface area contributed by atoms with E-state index in [1.54, 1.807) is 11.3 Å². The van der Waals surface area contributed by atoms with Crippen molar-refractivity contribution in [1.29, 1.82) is 0 Å². The lowest BCUT2D eigenvalue weighted by Gasteiger charge is -2.42. The van der Waals surface area contributed by atoms with Crippen LogP contribution in [0.5, 0.6) is 0 Å². The third kappa shape index (κ3) is 7.12. The zero-order chi connectivity index (χ0) is 27.3. The van der Waals surface area contributed by atoms with Crippen molar-refractivity contribution in [2.24, 2.45) is 0 Å². The lowest BCUT2D eigenvalue weighted by atomic mass is 9.99. The monoisotopic (exact) mass is 557 g/mol. The highest BCUT2D eigenvalue weighted by molar-refractivity contribution is 8.23. The summed E-state index contributed by atoms with van der Waals surface area (Å²) in [7, 11) is -2.73. The molecule has 0 bridgehead atoms. The first-order valence-electron chi connectivity index (χ1n) is 13.0. The quantitative estimate of drug-likeness (QED) is 0.299. The number of hydrogen-bond donors (Lipinski definition) is 3. The maximum atomic E-state index is 12.7. The van der Waals surface area contributed by atoms with Gasteiger partial charge in [-0.25, -0.2) is 9.97 Å². The third-order valence-electron chi connectivity index (χ3n) is 7.41. The summed E-state index contributed by atoms with van der Waals surface area (Å²) in [5, 5.41) is 7.36. The van der Waals surface area contributed by atoms with Crippen molar-refractivity contribution in [2.75, 3.05) is 30.8 Å². The Morgan fingerprint density at radius 2 is 1.82 bits per heavy atom. The number of aromatic nitrogens is 2. The van der Waals surface area contributed by atoms with E-state index in [1.165, 1.54) is 18.1 Å². The van der Waals surface area contributed by atoms with Crippen LogP contribution in [0.15, 0.2) is 52.3 Å². The second-order valence-electron chi connectivity index (χ2n) is 10.2. The zero-order valence-electron chi connectivity index (χ0n) is 22.6. The van der Waals surface area contributed by atoms with Crippen LogP contribution in [0.25, 0.3) is 0 Å². The zero-order valence-corrected chi connectivity index (χ0v) is 24.3. The average Bonchev–Trinajstić information content (AvgIpc) is 3.40. The number of aryl methyl sites for hydroxylation is 2. The highest BCUT2D eigenvalue weighted by atomic mass is 32.3. The maximum absolute atomic E-state index is 12.7. The minimum Gasteiger partial charge on any atom is -0.364 e. The number of piperidine rings is 1. The van der Waals surface area contributed by atoms with Crippen LogP contribution >= 0.6 is 21.9 Å². The van der Waals surface area contributed by atoms with Crippen LogP contribution in [0, 0.1) is 13.8 Å². The van der Waals surface area contributed by atoms with Gasteiger partial charge in [-0.2, -0.15) is 21.9 Å². The first-order valence-corrected chi connectivity index (χ1v) is 15.9. The van der Waals surface area contributed by atoms with E-state index in [-0.39, 0.29) is 5.91 Å². The van der Waals surface area contributed by atoms with Crippen molar-refractivity contribution in [3.05, 3.63) is 69.9 Å². The number of anilines is 1. The normalized spacial score (nSPS) is 16.3. The molecule has 1 aliphatic heterocycles. The van der Waals surface area contributed by atoms with Crippen LogP contribution in [-0.2, 0) is 6.54 Å². The van der Waals surface area contributed by atoms with Gasteiger partial charge in [-0.1, -0.05) is 0 Å². The van der Waals surface area contributed by atoms with E-state index in [0.717, 1.165) is 44.6 Å². The first kappa shape index (κ1) is 28.5. The summed E-state index contributed by atoms with van der Waals surface area (Å²) >= 11 is 1.71. The Labute approximate surface area is 231 Å². The number of thiophene rings is 1.